The van der Waals surface area contributed by atoms with Gasteiger partial charge in [0, 0.05) is 24.2 Å². The lowest BCUT2D eigenvalue weighted by molar-refractivity contribution is 0.655. The molecule has 0 amide bonds. The maximum absolute atomic E-state index is 6.18. The van der Waals surface area contributed by atoms with Crippen LogP contribution < -0.4 is 0 Å². The van der Waals surface area contributed by atoms with E-state index in [0.717, 1.165) is 49.9 Å². The lowest BCUT2D eigenvalue weighted by atomic mass is 10.2. The second kappa shape index (κ2) is 11.0. The molecule has 2 aromatic carbocycles. The normalized spacial score (nSPS) is 12.4. The monoisotopic (exact) mass is 360 g/mol. The van der Waals surface area contributed by atoms with Gasteiger partial charge in [-0.3, -0.25) is 9.98 Å². The van der Waals surface area contributed by atoms with Crippen molar-refractivity contribution in [2.45, 2.75) is 25.7 Å². The molecule has 24 heavy (non-hydrogen) atoms. The summed E-state index contributed by atoms with van der Waals surface area (Å²) in [5, 5.41) is 1.18. The summed E-state index contributed by atoms with van der Waals surface area (Å²) < 4.78 is 0. The molecule has 2 nitrogen and oxygen atoms in total. The fraction of sp³-hybridized carbons (Fsp3) is 0.300. The zero-order chi connectivity index (χ0) is 17.0. The van der Waals surface area contributed by atoms with Gasteiger partial charge in [0.2, 0.25) is 0 Å². The summed E-state index contributed by atoms with van der Waals surface area (Å²) in [7, 11) is 0. The van der Waals surface area contributed by atoms with Gasteiger partial charge in [0.25, 0.3) is 0 Å². The maximum Gasteiger partial charge on any atom is 0.130 e. The molecule has 0 saturated heterocycles. The van der Waals surface area contributed by atoms with E-state index in [1.807, 2.05) is 60.7 Å². The van der Waals surface area contributed by atoms with Crippen molar-refractivity contribution in [2.75, 3.05) is 13.1 Å². The van der Waals surface area contributed by atoms with Crippen molar-refractivity contribution < 1.29 is 0 Å². The Morgan fingerprint density at radius 3 is 1.33 bits per heavy atom. The third-order valence-electron chi connectivity index (χ3n) is 3.59. The van der Waals surface area contributed by atoms with Gasteiger partial charge >= 0.3 is 0 Å². The lowest BCUT2D eigenvalue weighted by Crippen LogP contribution is -1.94. The molecule has 4 heteroatoms. The Hall–Kier alpha value is -1.64. The number of rotatable bonds is 9. The van der Waals surface area contributed by atoms with Gasteiger partial charge < -0.3 is 0 Å². The van der Waals surface area contributed by atoms with E-state index in [2.05, 4.69) is 9.98 Å². The van der Waals surface area contributed by atoms with Crippen LogP contribution in [0.1, 0.15) is 36.8 Å². The molecule has 0 fully saturated rings. The van der Waals surface area contributed by atoms with E-state index in [0.29, 0.717) is 10.3 Å². The number of hydrogen-bond donors (Lipinski definition) is 0. The molecule has 126 valence electrons. The molecular weight excluding hydrogens is 339 g/mol. The van der Waals surface area contributed by atoms with Crippen LogP contribution in [0, 0.1) is 0 Å². The maximum atomic E-state index is 6.18. The topological polar surface area (TPSA) is 24.7 Å². The molecule has 0 unspecified atom stereocenters. The third kappa shape index (κ3) is 6.86. The molecular formula is C20H22Cl2N2. The van der Waals surface area contributed by atoms with E-state index in [-0.39, 0.29) is 0 Å². The van der Waals surface area contributed by atoms with Gasteiger partial charge in [-0.2, -0.15) is 0 Å². The largest absolute Gasteiger partial charge is 0.273 e. The van der Waals surface area contributed by atoms with Crippen LogP contribution in [-0.2, 0) is 0 Å². The first-order chi connectivity index (χ1) is 11.8. The number of halogens is 2. The van der Waals surface area contributed by atoms with E-state index in [1.165, 1.54) is 0 Å². The first-order valence-corrected chi connectivity index (χ1v) is 9.03. The third-order valence-corrected chi connectivity index (χ3v) is 4.27. The minimum Gasteiger partial charge on any atom is -0.273 e. The Bertz CT molecular complexity index is 592. The summed E-state index contributed by atoms with van der Waals surface area (Å²) in [6.45, 7) is 1.53. The summed E-state index contributed by atoms with van der Waals surface area (Å²) >= 11 is 12.4. The molecule has 0 heterocycles. The fourth-order valence-electron chi connectivity index (χ4n) is 2.27. The Morgan fingerprint density at radius 1 is 0.583 bits per heavy atom. The van der Waals surface area contributed by atoms with Gasteiger partial charge in [-0.15, -0.1) is 0 Å². The molecule has 0 spiro atoms. The zero-order valence-corrected chi connectivity index (χ0v) is 15.2. The Labute approximate surface area is 154 Å². The Balaban J connectivity index is 1.59. The quantitative estimate of drug-likeness (QED) is 0.391. The van der Waals surface area contributed by atoms with Crippen LogP contribution in [-0.4, -0.2) is 23.4 Å². The molecule has 0 aliphatic carbocycles. The standard InChI is InChI=1S/C20H22Cl2N2/c21-19(17-11-5-3-6-12-17)23-15-9-1-2-10-16-24-20(22)18-13-7-4-8-14-18/h3-8,11-14H,1-2,9-10,15-16H2. The summed E-state index contributed by atoms with van der Waals surface area (Å²) in [4.78, 5) is 8.83. The van der Waals surface area contributed by atoms with Crippen LogP contribution in [0.3, 0.4) is 0 Å². The van der Waals surface area contributed by atoms with E-state index in [9.17, 15) is 0 Å². The molecule has 2 rings (SSSR count). The summed E-state index contributed by atoms with van der Waals surface area (Å²) in [6.07, 6.45) is 4.33. The number of hydrogen-bond acceptors (Lipinski definition) is 2. The second-order valence-corrected chi connectivity index (χ2v) is 6.21. The highest BCUT2D eigenvalue weighted by molar-refractivity contribution is 6.69. The minimum absolute atomic E-state index is 0.592. The minimum atomic E-state index is 0.592. The Kier molecular flexibility index (Phi) is 8.58. The van der Waals surface area contributed by atoms with Gasteiger partial charge in [0.1, 0.15) is 10.3 Å². The summed E-state index contributed by atoms with van der Waals surface area (Å²) in [5.41, 5.74) is 1.95. The molecule has 0 N–H and O–H groups in total. The van der Waals surface area contributed by atoms with Crippen molar-refractivity contribution >= 4 is 33.5 Å². The van der Waals surface area contributed by atoms with Crippen molar-refractivity contribution in [1.82, 2.24) is 0 Å². The van der Waals surface area contributed by atoms with Crippen LogP contribution in [0.15, 0.2) is 70.6 Å². The van der Waals surface area contributed by atoms with Crippen molar-refractivity contribution in [1.29, 1.82) is 0 Å². The first kappa shape index (κ1) is 18.7. The van der Waals surface area contributed by atoms with Gasteiger partial charge in [-0.05, 0) is 12.8 Å². The van der Waals surface area contributed by atoms with Gasteiger partial charge in [0.15, 0.2) is 0 Å². The average Bonchev–Trinajstić information content (AvgIpc) is 2.65. The fourth-order valence-corrected chi connectivity index (χ4v) is 2.69. The molecule has 0 saturated carbocycles. The highest BCUT2D eigenvalue weighted by Crippen LogP contribution is 2.08. The van der Waals surface area contributed by atoms with Crippen LogP contribution in [0.5, 0.6) is 0 Å². The van der Waals surface area contributed by atoms with Crippen molar-refractivity contribution in [3.05, 3.63) is 71.8 Å². The predicted molar refractivity (Wildman–Crippen MR) is 106 cm³/mol. The summed E-state index contributed by atoms with van der Waals surface area (Å²) in [6, 6.07) is 19.7. The van der Waals surface area contributed by atoms with Crippen LogP contribution in [0.4, 0.5) is 0 Å². The Morgan fingerprint density at radius 2 is 0.958 bits per heavy atom. The predicted octanol–water partition coefficient (Wildman–Crippen LogP) is 5.92. The molecule has 0 aromatic heterocycles. The van der Waals surface area contributed by atoms with Gasteiger partial charge in [-0.1, -0.05) is 96.7 Å². The highest BCUT2D eigenvalue weighted by atomic mass is 35.5. The van der Waals surface area contributed by atoms with Crippen LogP contribution >= 0.6 is 23.2 Å². The molecule has 0 aliphatic rings. The van der Waals surface area contributed by atoms with Crippen LogP contribution in [0.25, 0.3) is 0 Å². The molecule has 2 aromatic rings. The summed E-state index contributed by atoms with van der Waals surface area (Å²) in [5.74, 6) is 0. The number of unbranched alkanes of at least 4 members (excludes halogenated alkanes) is 3. The van der Waals surface area contributed by atoms with Crippen molar-refractivity contribution in [3.63, 3.8) is 0 Å². The molecule has 0 atom stereocenters. The molecule has 0 aliphatic heterocycles. The van der Waals surface area contributed by atoms with Crippen molar-refractivity contribution in [2.24, 2.45) is 9.98 Å². The van der Waals surface area contributed by atoms with Gasteiger partial charge in [0.05, 0.1) is 0 Å². The van der Waals surface area contributed by atoms with Crippen molar-refractivity contribution in [3.8, 4) is 0 Å². The number of benzene rings is 2. The molecule has 0 bridgehead atoms. The van der Waals surface area contributed by atoms with E-state index >= 15 is 0 Å². The smallest absolute Gasteiger partial charge is 0.130 e. The lowest BCUT2D eigenvalue weighted by Gasteiger charge is -2.01. The molecule has 0 radical (unpaired) electrons. The first-order valence-electron chi connectivity index (χ1n) is 8.28. The van der Waals surface area contributed by atoms with Gasteiger partial charge in [-0.25, -0.2) is 0 Å². The number of nitrogens with zero attached hydrogens (tertiary/aromatic N) is 2. The van der Waals surface area contributed by atoms with E-state index < -0.39 is 0 Å². The SMILES string of the molecule is ClC(=NCCCCCCN=C(Cl)c1ccccc1)c1ccccc1. The zero-order valence-electron chi connectivity index (χ0n) is 13.7. The van der Waals surface area contributed by atoms with Crippen LogP contribution in [0.2, 0.25) is 0 Å². The van der Waals surface area contributed by atoms with E-state index in [1.54, 1.807) is 0 Å². The number of aliphatic imine (C=N–C) groups is 2. The average molecular weight is 361 g/mol. The second-order valence-electron chi connectivity index (χ2n) is 5.49. The van der Waals surface area contributed by atoms with E-state index in [4.69, 9.17) is 23.2 Å². The highest BCUT2D eigenvalue weighted by Gasteiger charge is 1.98.